The molecule has 0 bridgehead atoms. The zero-order valence-electron chi connectivity index (χ0n) is 13.4. The summed E-state index contributed by atoms with van der Waals surface area (Å²) in [4.78, 5) is 4.09. The van der Waals surface area contributed by atoms with Crippen LogP contribution < -0.4 is 10.6 Å². The molecule has 0 unspecified atom stereocenters. The van der Waals surface area contributed by atoms with Gasteiger partial charge in [0.25, 0.3) is 0 Å². The molecule has 0 saturated carbocycles. The van der Waals surface area contributed by atoms with Crippen molar-refractivity contribution in [1.29, 1.82) is 5.26 Å². The molecule has 6 nitrogen and oxygen atoms in total. The van der Waals surface area contributed by atoms with Crippen LogP contribution in [0.4, 0.5) is 4.39 Å². The van der Waals surface area contributed by atoms with Gasteiger partial charge in [-0.15, -0.1) is 24.0 Å². The first-order valence-corrected chi connectivity index (χ1v) is 7.33. The third-order valence-corrected chi connectivity index (χ3v) is 3.26. The van der Waals surface area contributed by atoms with Crippen molar-refractivity contribution in [1.82, 2.24) is 20.4 Å². The van der Waals surface area contributed by atoms with Crippen molar-refractivity contribution in [2.75, 3.05) is 13.6 Å². The molecule has 0 radical (unpaired) electrons. The fraction of sp³-hybridized carbons (Fsp3) is 0.312. The van der Waals surface area contributed by atoms with E-state index in [-0.39, 0.29) is 36.3 Å². The molecule has 2 N–H and O–H groups in total. The highest BCUT2D eigenvalue weighted by molar-refractivity contribution is 14.0. The minimum Gasteiger partial charge on any atom is -0.356 e. The summed E-state index contributed by atoms with van der Waals surface area (Å²) in [5.74, 6) is 0.248. The maximum Gasteiger partial charge on any atom is 0.191 e. The van der Waals surface area contributed by atoms with Crippen molar-refractivity contribution in [2.45, 2.75) is 19.5 Å². The molecule has 0 aliphatic heterocycles. The number of nitriles is 1. The van der Waals surface area contributed by atoms with Crippen molar-refractivity contribution in [3.05, 3.63) is 53.6 Å². The van der Waals surface area contributed by atoms with Gasteiger partial charge in [0.2, 0.25) is 0 Å². The van der Waals surface area contributed by atoms with E-state index in [0.717, 1.165) is 19.5 Å². The van der Waals surface area contributed by atoms with Gasteiger partial charge in [0.05, 0.1) is 11.6 Å². The van der Waals surface area contributed by atoms with Crippen molar-refractivity contribution in [3.63, 3.8) is 0 Å². The second kappa shape index (κ2) is 10.6. The Kier molecular flexibility index (Phi) is 8.78. The van der Waals surface area contributed by atoms with Crippen LogP contribution in [0.5, 0.6) is 0 Å². The molecule has 0 saturated heterocycles. The highest BCUT2D eigenvalue weighted by atomic mass is 127. The molecule has 1 aromatic heterocycles. The average Bonchev–Trinajstić information content (AvgIpc) is 3.09. The molecular formula is C16H20FIN6. The predicted molar refractivity (Wildman–Crippen MR) is 102 cm³/mol. The van der Waals surface area contributed by atoms with Crippen LogP contribution in [0.2, 0.25) is 0 Å². The number of guanidine groups is 1. The summed E-state index contributed by atoms with van der Waals surface area (Å²) in [6.45, 7) is 1.80. The number of aliphatic imine (C=N–C) groups is 1. The molecule has 8 heteroatoms. The summed E-state index contributed by atoms with van der Waals surface area (Å²) in [7, 11) is 1.66. The van der Waals surface area contributed by atoms with Gasteiger partial charge in [-0.1, -0.05) is 0 Å². The lowest BCUT2D eigenvalue weighted by atomic mass is 10.1. The summed E-state index contributed by atoms with van der Waals surface area (Å²) >= 11 is 0. The standard InChI is InChI=1S/C16H19FN6.HI/c1-19-16(20-6-2-8-23-9-3-7-22-23)21-12-14-10-13(11-18)4-5-15(14)17;/h3-5,7,9-10H,2,6,8,12H2,1H3,(H2,19,20,21);1H. The number of rotatable bonds is 6. The van der Waals surface area contributed by atoms with Gasteiger partial charge >= 0.3 is 0 Å². The van der Waals surface area contributed by atoms with E-state index in [9.17, 15) is 4.39 Å². The van der Waals surface area contributed by atoms with E-state index in [1.54, 1.807) is 13.2 Å². The maximum atomic E-state index is 13.7. The maximum absolute atomic E-state index is 13.7. The minimum atomic E-state index is -0.342. The Hall–Kier alpha value is -2.15. The third kappa shape index (κ3) is 6.16. The number of nitrogens with zero attached hydrogens (tertiary/aromatic N) is 4. The normalized spacial score (nSPS) is 10.6. The van der Waals surface area contributed by atoms with Crippen LogP contribution in [0.1, 0.15) is 17.5 Å². The molecule has 2 rings (SSSR count). The largest absolute Gasteiger partial charge is 0.356 e. The van der Waals surface area contributed by atoms with Gasteiger partial charge in [0.15, 0.2) is 5.96 Å². The Morgan fingerprint density at radius 3 is 2.92 bits per heavy atom. The summed E-state index contributed by atoms with van der Waals surface area (Å²) in [6.07, 6.45) is 4.55. The molecule has 0 aliphatic rings. The summed E-state index contributed by atoms with van der Waals surface area (Å²) in [5.41, 5.74) is 0.869. The van der Waals surface area contributed by atoms with E-state index in [2.05, 4.69) is 20.7 Å². The molecule has 0 amide bonds. The lowest BCUT2D eigenvalue weighted by Crippen LogP contribution is -2.37. The van der Waals surface area contributed by atoms with E-state index in [1.807, 2.05) is 23.0 Å². The second-order valence-electron chi connectivity index (χ2n) is 4.89. The molecule has 0 fully saturated rings. The first-order chi connectivity index (χ1) is 11.2. The Morgan fingerprint density at radius 2 is 2.25 bits per heavy atom. The molecule has 2 aromatic rings. The van der Waals surface area contributed by atoms with Crippen LogP contribution in [-0.2, 0) is 13.1 Å². The van der Waals surface area contributed by atoms with Crippen molar-refractivity contribution in [2.24, 2.45) is 4.99 Å². The van der Waals surface area contributed by atoms with Gasteiger partial charge in [-0.2, -0.15) is 10.4 Å². The molecule has 128 valence electrons. The Bertz CT molecular complexity index is 693. The smallest absolute Gasteiger partial charge is 0.191 e. The van der Waals surface area contributed by atoms with E-state index >= 15 is 0 Å². The average molecular weight is 442 g/mol. The number of benzene rings is 1. The first-order valence-electron chi connectivity index (χ1n) is 7.33. The van der Waals surface area contributed by atoms with Crippen LogP contribution in [-0.4, -0.2) is 29.3 Å². The molecule has 1 heterocycles. The van der Waals surface area contributed by atoms with Gasteiger partial charge in [0, 0.05) is 44.6 Å². The minimum absolute atomic E-state index is 0. The van der Waals surface area contributed by atoms with Crippen molar-refractivity contribution in [3.8, 4) is 6.07 Å². The fourth-order valence-corrected chi connectivity index (χ4v) is 2.06. The summed E-state index contributed by atoms with van der Waals surface area (Å²) < 4.78 is 15.6. The Balaban J connectivity index is 0.00000288. The predicted octanol–water partition coefficient (Wildman–Crippen LogP) is 2.27. The van der Waals surface area contributed by atoms with Crippen LogP contribution in [0, 0.1) is 17.1 Å². The molecule has 0 aliphatic carbocycles. The lowest BCUT2D eigenvalue weighted by Gasteiger charge is -2.12. The highest BCUT2D eigenvalue weighted by Crippen LogP contribution is 2.09. The van der Waals surface area contributed by atoms with E-state index in [4.69, 9.17) is 5.26 Å². The Labute approximate surface area is 157 Å². The third-order valence-electron chi connectivity index (χ3n) is 3.26. The first kappa shape index (κ1) is 19.9. The van der Waals surface area contributed by atoms with Crippen LogP contribution in [0.25, 0.3) is 0 Å². The molecule has 0 spiro atoms. The number of nitrogens with one attached hydrogen (secondary N) is 2. The molecular weight excluding hydrogens is 422 g/mol. The van der Waals surface area contributed by atoms with E-state index in [0.29, 0.717) is 17.1 Å². The lowest BCUT2D eigenvalue weighted by molar-refractivity contribution is 0.569. The van der Waals surface area contributed by atoms with E-state index < -0.39 is 0 Å². The quantitative estimate of drug-likeness (QED) is 0.312. The molecule has 1 aromatic carbocycles. The number of hydrogen-bond acceptors (Lipinski definition) is 3. The molecule has 24 heavy (non-hydrogen) atoms. The SMILES string of the molecule is CN=C(NCCCn1cccn1)NCc1cc(C#N)ccc1F.I. The van der Waals surface area contributed by atoms with Gasteiger partial charge in [-0.3, -0.25) is 9.67 Å². The monoisotopic (exact) mass is 442 g/mol. The van der Waals surface area contributed by atoms with Gasteiger partial charge in [-0.05, 0) is 30.7 Å². The number of aryl methyl sites for hydroxylation is 1. The second-order valence-corrected chi connectivity index (χ2v) is 4.89. The molecule has 0 atom stereocenters. The fourth-order valence-electron chi connectivity index (χ4n) is 2.06. The van der Waals surface area contributed by atoms with Crippen LogP contribution >= 0.6 is 24.0 Å². The topological polar surface area (TPSA) is 78.0 Å². The highest BCUT2D eigenvalue weighted by Gasteiger charge is 2.05. The van der Waals surface area contributed by atoms with Crippen LogP contribution in [0.3, 0.4) is 0 Å². The summed E-state index contributed by atoms with van der Waals surface area (Å²) in [5, 5.41) is 19.2. The number of aromatic nitrogens is 2. The van der Waals surface area contributed by atoms with Gasteiger partial charge in [-0.25, -0.2) is 4.39 Å². The zero-order valence-corrected chi connectivity index (χ0v) is 15.7. The summed E-state index contributed by atoms with van der Waals surface area (Å²) in [6, 6.07) is 8.19. The zero-order chi connectivity index (χ0) is 16.5. The van der Waals surface area contributed by atoms with Gasteiger partial charge < -0.3 is 10.6 Å². The van der Waals surface area contributed by atoms with E-state index in [1.165, 1.54) is 18.2 Å². The van der Waals surface area contributed by atoms with Crippen LogP contribution in [0.15, 0.2) is 41.7 Å². The Morgan fingerprint density at radius 1 is 1.42 bits per heavy atom. The number of halogens is 2. The van der Waals surface area contributed by atoms with Gasteiger partial charge in [0.1, 0.15) is 5.82 Å². The van der Waals surface area contributed by atoms with Crippen molar-refractivity contribution < 1.29 is 4.39 Å². The van der Waals surface area contributed by atoms with Crippen molar-refractivity contribution >= 4 is 29.9 Å². The number of hydrogen-bond donors (Lipinski definition) is 2.